The third-order valence-electron chi connectivity index (χ3n) is 2.89. The molecule has 1 saturated heterocycles. The van der Waals surface area contributed by atoms with Crippen molar-refractivity contribution in [1.82, 2.24) is 15.1 Å². The van der Waals surface area contributed by atoms with Crippen LogP contribution in [0.15, 0.2) is 12.3 Å². The normalized spacial score (nSPS) is 20.8. The summed E-state index contributed by atoms with van der Waals surface area (Å²) >= 11 is 2.10. The van der Waals surface area contributed by atoms with Crippen molar-refractivity contribution in [2.45, 2.75) is 44.5 Å². The molecule has 1 aliphatic rings. The van der Waals surface area contributed by atoms with Gasteiger partial charge in [0.15, 0.2) is 0 Å². The van der Waals surface area contributed by atoms with Gasteiger partial charge in [-0.1, -0.05) is 0 Å². The molecule has 90 valence electrons. The van der Waals surface area contributed by atoms with E-state index in [4.69, 9.17) is 0 Å². The van der Waals surface area contributed by atoms with Crippen molar-refractivity contribution in [1.29, 1.82) is 0 Å². The highest BCUT2D eigenvalue weighted by atomic mass is 32.2. The summed E-state index contributed by atoms with van der Waals surface area (Å²) in [6.45, 7) is 6.33. The largest absolute Gasteiger partial charge is 0.310 e. The zero-order valence-corrected chi connectivity index (χ0v) is 11.0. The van der Waals surface area contributed by atoms with Crippen LogP contribution in [0.5, 0.6) is 0 Å². The van der Waals surface area contributed by atoms with Gasteiger partial charge in [0.1, 0.15) is 0 Å². The van der Waals surface area contributed by atoms with E-state index >= 15 is 0 Å². The van der Waals surface area contributed by atoms with Gasteiger partial charge in [0.2, 0.25) is 0 Å². The van der Waals surface area contributed by atoms with Crippen molar-refractivity contribution in [2.75, 3.05) is 12.3 Å². The molecule has 1 N–H and O–H groups in total. The van der Waals surface area contributed by atoms with Crippen LogP contribution in [-0.2, 0) is 6.54 Å². The molecule has 0 radical (unpaired) electrons. The molecule has 16 heavy (non-hydrogen) atoms. The Morgan fingerprint density at radius 3 is 3.12 bits per heavy atom. The van der Waals surface area contributed by atoms with Gasteiger partial charge >= 0.3 is 0 Å². The minimum atomic E-state index is 0.458. The molecule has 1 unspecified atom stereocenters. The quantitative estimate of drug-likeness (QED) is 0.856. The van der Waals surface area contributed by atoms with Gasteiger partial charge in [-0.25, -0.2) is 0 Å². The third-order valence-corrected chi connectivity index (χ3v) is 4.29. The van der Waals surface area contributed by atoms with E-state index in [9.17, 15) is 0 Å². The van der Waals surface area contributed by atoms with Crippen LogP contribution in [0.4, 0.5) is 0 Å². The maximum Gasteiger partial charge on any atom is 0.0762 e. The fourth-order valence-electron chi connectivity index (χ4n) is 1.93. The molecule has 4 heteroatoms. The highest BCUT2D eigenvalue weighted by Gasteiger charge is 2.14. The lowest BCUT2D eigenvalue weighted by Crippen LogP contribution is -2.23. The number of thioether (sulfide) groups is 1. The monoisotopic (exact) mass is 239 g/mol. The van der Waals surface area contributed by atoms with Crippen LogP contribution in [0.25, 0.3) is 0 Å². The van der Waals surface area contributed by atoms with Gasteiger partial charge in [-0.15, -0.1) is 0 Å². The summed E-state index contributed by atoms with van der Waals surface area (Å²) in [6, 6.07) is 2.56. The molecule has 1 atom stereocenters. The second kappa shape index (κ2) is 5.73. The Labute approximate surface area is 102 Å². The number of nitrogens with zero attached hydrogens (tertiary/aromatic N) is 2. The molecule has 0 spiro atoms. The molecule has 2 rings (SSSR count). The Balaban J connectivity index is 1.72. The van der Waals surface area contributed by atoms with Crippen LogP contribution in [0, 0.1) is 0 Å². The Kier molecular flexibility index (Phi) is 4.29. The Hall–Kier alpha value is -0.480. The van der Waals surface area contributed by atoms with E-state index in [1.165, 1.54) is 18.6 Å². The minimum Gasteiger partial charge on any atom is -0.310 e. The Morgan fingerprint density at radius 2 is 2.50 bits per heavy atom. The molecule has 0 bridgehead atoms. The number of hydrogen-bond acceptors (Lipinski definition) is 3. The molecule has 1 fully saturated rings. The van der Waals surface area contributed by atoms with E-state index in [-0.39, 0.29) is 0 Å². The molecule has 1 aromatic heterocycles. The number of aromatic nitrogens is 2. The summed E-state index contributed by atoms with van der Waals surface area (Å²) in [4.78, 5) is 0. The van der Waals surface area contributed by atoms with Gasteiger partial charge < -0.3 is 5.32 Å². The SMILES string of the molecule is CC(C)n1ccc(CNCC2CCCS2)n1. The predicted molar refractivity (Wildman–Crippen MR) is 69.8 cm³/mol. The average Bonchev–Trinajstić information content (AvgIpc) is 2.87. The molecular formula is C12H21N3S. The van der Waals surface area contributed by atoms with Crippen molar-refractivity contribution >= 4 is 11.8 Å². The lowest BCUT2D eigenvalue weighted by atomic mass is 10.2. The number of nitrogens with one attached hydrogen (secondary N) is 1. The first kappa shape index (κ1) is 12.0. The van der Waals surface area contributed by atoms with Crippen LogP contribution in [0.1, 0.15) is 38.4 Å². The second-order valence-corrected chi connectivity index (χ2v) is 6.06. The lowest BCUT2D eigenvalue weighted by molar-refractivity contribution is 0.521. The number of hydrogen-bond donors (Lipinski definition) is 1. The number of rotatable bonds is 5. The Bertz CT molecular complexity index is 316. The summed E-state index contributed by atoms with van der Waals surface area (Å²) < 4.78 is 2.02. The van der Waals surface area contributed by atoms with Crippen molar-refractivity contribution in [3.8, 4) is 0 Å². The molecule has 0 aliphatic carbocycles. The molecule has 2 heterocycles. The summed E-state index contributed by atoms with van der Waals surface area (Å²) in [5.74, 6) is 1.34. The van der Waals surface area contributed by atoms with Gasteiger partial charge in [-0.3, -0.25) is 4.68 Å². The van der Waals surface area contributed by atoms with Crippen LogP contribution in [0.3, 0.4) is 0 Å². The predicted octanol–water partition coefficient (Wildman–Crippen LogP) is 2.45. The van der Waals surface area contributed by atoms with Crippen LogP contribution in [0.2, 0.25) is 0 Å². The van der Waals surface area contributed by atoms with E-state index in [1.54, 1.807) is 0 Å². The fourth-order valence-corrected chi connectivity index (χ4v) is 3.16. The summed E-state index contributed by atoms with van der Waals surface area (Å²) in [5, 5.41) is 8.85. The zero-order chi connectivity index (χ0) is 11.4. The van der Waals surface area contributed by atoms with Crippen LogP contribution in [-0.4, -0.2) is 27.3 Å². The fraction of sp³-hybridized carbons (Fsp3) is 0.750. The first-order chi connectivity index (χ1) is 7.75. The molecule has 1 aromatic rings. The van der Waals surface area contributed by atoms with Gasteiger partial charge in [0, 0.05) is 30.6 Å². The van der Waals surface area contributed by atoms with Crippen LogP contribution < -0.4 is 5.32 Å². The first-order valence-electron chi connectivity index (χ1n) is 6.12. The van der Waals surface area contributed by atoms with Gasteiger partial charge in [-0.2, -0.15) is 16.9 Å². The lowest BCUT2D eigenvalue weighted by Gasteiger charge is -2.08. The summed E-state index contributed by atoms with van der Waals surface area (Å²) in [5.41, 5.74) is 1.15. The molecule has 1 aliphatic heterocycles. The first-order valence-corrected chi connectivity index (χ1v) is 7.17. The standard InChI is InChI=1S/C12H21N3S/c1-10(2)15-6-5-11(14-15)8-13-9-12-4-3-7-16-12/h5-6,10,12-13H,3-4,7-9H2,1-2H3. The molecule has 0 saturated carbocycles. The smallest absolute Gasteiger partial charge is 0.0762 e. The van der Waals surface area contributed by atoms with Crippen molar-refractivity contribution in [2.24, 2.45) is 0 Å². The van der Waals surface area contributed by atoms with Gasteiger partial charge in [0.05, 0.1) is 5.69 Å². The summed E-state index contributed by atoms with van der Waals surface area (Å²) in [6.07, 6.45) is 4.82. The highest BCUT2D eigenvalue weighted by molar-refractivity contribution is 8.00. The van der Waals surface area contributed by atoms with E-state index in [2.05, 4.69) is 48.3 Å². The van der Waals surface area contributed by atoms with Gasteiger partial charge in [-0.05, 0) is 38.5 Å². The third kappa shape index (κ3) is 3.25. The molecule has 0 amide bonds. The maximum atomic E-state index is 4.52. The van der Waals surface area contributed by atoms with E-state index in [0.717, 1.165) is 24.0 Å². The minimum absolute atomic E-state index is 0.458. The second-order valence-electron chi connectivity index (χ2n) is 4.65. The summed E-state index contributed by atoms with van der Waals surface area (Å²) in [7, 11) is 0. The molecule has 0 aromatic carbocycles. The van der Waals surface area contributed by atoms with E-state index < -0.39 is 0 Å². The van der Waals surface area contributed by atoms with Crippen LogP contribution >= 0.6 is 11.8 Å². The van der Waals surface area contributed by atoms with E-state index in [0.29, 0.717) is 6.04 Å². The highest BCUT2D eigenvalue weighted by Crippen LogP contribution is 2.25. The maximum absolute atomic E-state index is 4.52. The van der Waals surface area contributed by atoms with Gasteiger partial charge in [0.25, 0.3) is 0 Å². The van der Waals surface area contributed by atoms with Crippen molar-refractivity contribution in [3.63, 3.8) is 0 Å². The average molecular weight is 239 g/mol. The van der Waals surface area contributed by atoms with E-state index in [1.807, 2.05) is 4.68 Å². The molecular weight excluding hydrogens is 218 g/mol. The molecule has 3 nitrogen and oxygen atoms in total. The van der Waals surface area contributed by atoms with Crippen molar-refractivity contribution in [3.05, 3.63) is 18.0 Å². The van der Waals surface area contributed by atoms with Crippen molar-refractivity contribution < 1.29 is 0 Å². The Morgan fingerprint density at radius 1 is 1.62 bits per heavy atom. The zero-order valence-electron chi connectivity index (χ0n) is 10.1. The topological polar surface area (TPSA) is 29.9 Å².